The molecule has 46 heavy (non-hydrogen) atoms. The summed E-state index contributed by atoms with van der Waals surface area (Å²) in [5.74, 6) is -1.38. The standard InChI is InChI=1S/C33H30Cl2F3N3O4S/c1-22-11-14-27(15-12-22)46(44,45)41(26-10-6-9-25(19-26)33(36,37)38)21-31(42)40(20-24-13-16-28(34)29(35)17-24)30(32(43)39-2)18-23-7-4-3-5-8-23/h3-17,19,30H,18,20-21H2,1-2H3,(H,39,43)/t30-/m1/s1. The lowest BCUT2D eigenvalue weighted by molar-refractivity contribution is -0.139. The van der Waals surface area contributed by atoms with Crippen molar-refractivity contribution in [3.63, 3.8) is 0 Å². The molecule has 0 heterocycles. The number of likely N-dealkylation sites (N-methyl/N-ethyl adjacent to an activating group) is 1. The highest BCUT2D eigenvalue weighted by molar-refractivity contribution is 7.92. The first-order valence-electron chi connectivity index (χ1n) is 14.0. The Morgan fingerprint density at radius 1 is 0.848 bits per heavy atom. The van der Waals surface area contributed by atoms with Gasteiger partial charge in [0.2, 0.25) is 11.8 Å². The second-order valence-corrected chi connectivity index (χ2v) is 13.1. The average molecular weight is 693 g/mol. The van der Waals surface area contributed by atoms with Crippen LogP contribution < -0.4 is 9.62 Å². The number of carbonyl (C=O) groups is 2. The van der Waals surface area contributed by atoms with Crippen LogP contribution in [0.25, 0.3) is 0 Å². The molecule has 0 bridgehead atoms. The molecule has 242 valence electrons. The Kier molecular flexibility index (Phi) is 11.0. The van der Waals surface area contributed by atoms with Crippen molar-refractivity contribution in [2.75, 3.05) is 17.9 Å². The molecule has 0 saturated heterocycles. The first-order chi connectivity index (χ1) is 21.7. The van der Waals surface area contributed by atoms with Crippen LogP contribution in [0, 0.1) is 6.92 Å². The van der Waals surface area contributed by atoms with Crippen molar-refractivity contribution in [3.05, 3.63) is 129 Å². The molecule has 1 atom stereocenters. The number of nitrogens with zero attached hydrogens (tertiary/aromatic N) is 2. The molecule has 4 aromatic carbocycles. The fourth-order valence-corrected chi connectivity index (χ4v) is 6.49. The van der Waals surface area contributed by atoms with E-state index in [0.29, 0.717) is 21.5 Å². The van der Waals surface area contributed by atoms with Crippen molar-refractivity contribution < 1.29 is 31.2 Å². The molecular formula is C33H30Cl2F3N3O4S. The van der Waals surface area contributed by atoms with E-state index >= 15 is 0 Å². The molecule has 1 N–H and O–H groups in total. The normalized spacial score (nSPS) is 12.3. The van der Waals surface area contributed by atoms with Crippen LogP contribution in [0.3, 0.4) is 0 Å². The smallest absolute Gasteiger partial charge is 0.357 e. The van der Waals surface area contributed by atoms with Gasteiger partial charge in [-0.05, 0) is 60.5 Å². The van der Waals surface area contributed by atoms with Crippen LogP contribution in [0.15, 0.2) is 102 Å². The van der Waals surface area contributed by atoms with Gasteiger partial charge in [0, 0.05) is 20.0 Å². The highest BCUT2D eigenvalue weighted by Gasteiger charge is 2.36. The summed E-state index contributed by atoms with van der Waals surface area (Å²) in [6.07, 6.45) is -4.72. The van der Waals surface area contributed by atoms with E-state index in [4.69, 9.17) is 23.2 Å². The zero-order valence-corrected chi connectivity index (χ0v) is 27.1. The van der Waals surface area contributed by atoms with Gasteiger partial charge in [-0.15, -0.1) is 0 Å². The van der Waals surface area contributed by atoms with E-state index in [1.807, 2.05) is 0 Å². The molecule has 0 aromatic heterocycles. The molecule has 0 spiro atoms. The summed E-state index contributed by atoms with van der Waals surface area (Å²) in [7, 11) is -3.18. The molecule has 0 fully saturated rings. The van der Waals surface area contributed by atoms with Crippen molar-refractivity contribution in [1.82, 2.24) is 10.2 Å². The Morgan fingerprint density at radius 3 is 2.13 bits per heavy atom. The lowest BCUT2D eigenvalue weighted by Crippen LogP contribution is -2.53. The summed E-state index contributed by atoms with van der Waals surface area (Å²) in [6.45, 7) is 0.639. The monoisotopic (exact) mass is 691 g/mol. The van der Waals surface area contributed by atoms with Gasteiger partial charge in [-0.25, -0.2) is 8.42 Å². The van der Waals surface area contributed by atoms with Gasteiger partial charge in [0.1, 0.15) is 12.6 Å². The number of nitrogens with one attached hydrogen (secondary N) is 1. The Balaban J connectivity index is 1.84. The minimum Gasteiger partial charge on any atom is -0.357 e. The minimum absolute atomic E-state index is 0.0574. The van der Waals surface area contributed by atoms with Gasteiger partial charge in [0.05, 0.1) is 26.2 Å². The molecule has 4 rings (SSSR count). The predicted octanol–water partition coefficient (Wildman–Crippen LogP) is 6.90. The number of rotatable bonds is 11. The number of halogens is 5. The number of benzene rings is 4. The van der Waals surface area contributed by atoms with Crippen molar-refractivity contribution in [1.29, 1.82) is 0 Å². The van der Waals surface area contributed by atoms with Gasteiger partial charge in [-0.2, -0.15) is 13.2 Å². The van der Waals surface area contributed by atoms with Crippen LogP contribution in [-0.4, -0.2) is 44.8 Å². The number of aryl methyl sites for hydroxylation is 1. The molecule has 4 aromatic rings. The summed E-state index contributed by atoms with van der Waals surface area (Å²) in [5, 5.41) is 3.01. The topological polar surface area (TPSA) is 86.8 Å². The van der Waals surface area contributed by atoms with E-state index in [9.17, 15) is 31.2 Å². The fraction of sp³-hybridized carbons (Fsp3) is 0.212. The third-order valence-corrected chi connectivity index (χ3v) is 9.73. The van der Waals surface area contributed by atoms with E-state index in [-0.39, 0.29) is 33.6 Å². The van der Waals surface area contributed by atoms with Crippen molar-refractivity contribution in [2.24, 2.45) is 0 Å². The minimum atomic E-state index is -4.78. The van der Waals surface area contributed by atoms with Crippen LogP contribution in [0.5, 0.6) is 0 Å². The molecule has 0 unspecified atom stereocenters. The fourth-order valence-electron chi connectivity index (χ4n) is 4.76. The lowest BCUT2D eigenvalue weighted by atomic mass is 10.0. The van der Waals surface area contributed by atoms with Gasteiger partial charge < -0.3 is 10.2 Å². The molecule has 0 saturated carbocycles. The van der Waals surface area contributed by atoms with Crippen molar-refractivity contribution in [2.45, 2.75) is 37.0 Å². The third kappa shape index (κ3) is 8.39. The summed E-state index contributed by atoms with van der Waals surface area (Å²) >= 11 is 12.3. The number of sulfonamides is 1. The number of carbonyl (C=O) groups excluding carboxylic acids is 2. The van der Waals surface area contributed by atoms with Crippen LogP contribution in [0.4, 0.5) is 18.9 Å². The Morgan fingerprint density at radius 2 is 1.52 bits per heavy atom. The van der Waals surface area contributed by atoms with Gasteiger partial charge in [-0.1, -0.05) is 83.4 Å². The Hall–Kier alpha value is -4.06. The van der Waals surface area contributed by atoms with E-state index in [0.717, 1.165) is 17.7 Å². The molecule has 7 nitrogen and oxygen atoms in total. The highest BCUT2D eigenvalue weighted by Crippen LogP contribution is 2.34. The quantitative estimate of drug-likeness (QED) is 0.185. The maximum atomic E-state index is 14.3. The molecule has 0 aliphatic carbocycles. The summed E-state index contributed by atoms with van der Waals surface area (Å²) in [5.41, 5.74) is 0.476. The second-order valence-electron chi connectivity index (χ2n) is 10.5. The third-order valence-electron chi connectivity index (χ3n) is 7.20. The van der Waals surface area contributed by atoms with Gasteiger partial charge in [-0.3, -0.25) is 13.9 Å². The summed E-state index contributed by atoms with van der Waals surface area (Å²) < 4.78 is 69.8. The number of amides is 2. The molecule has 13 heteroatoms. The summed E-state index contributed by atoms with van der Waals surface area (Å²) in [6, 6.07) is 21.8. The number of hydrogen-bond donors (Lipinski definition) is 1. The second kappa shape index (κ2) is 14.6. The van der Waals surface area contributed by atoms with Crippen LogP contribution >= 0.6 is 23.2 Å². The highest BCUT2D eigenvalue weighted by atomic mass is 35.5. The zero-order valence-electron chi connectivity index (χ0n) is 24.8. The first-order valence-corrected chi connectivity index (χ1v) is 16.2. The van der Waals surface area contributed by atoms with E-state index in [1.165, 1.54) is 54.4 Å². The summed E-state index contributed by atoms with van der Waals surface area (Å²) in [4.78, 5) is 28.6. The molecule has 2 amide bonds. The Labute approximate surface area is 275 Å². The SMILES string of the molecule is CNC(=O)[C@@H](Cc1ccccc1)N(Cc1ccc(Cl)c(Cl)c1)C(=O)CN(c1cccc(C(F)(F)F)c1)S(=O)(=O)c1ccc(C)cc1. The van der Waals surface area contributed by atoms with E-state index < -0.39 is 46.2 Å². The van der Waals surface area contributed by atoms with Crippen LogP contribution in [-0.2, 0) is 38.8 Å². The largest absolute Gasteiger partial charge is 0.416 e. The Bertz CT molecular complexity index is 1810. The van der Waals surface area contributed by atoms with Gasteiger partial charge in [0.15, 0.2) is 0 Å². The molecule has 0 radical (unpaired) electrons. The zero-order chi connectivity index (χ0) is 33.6. The van der Waals surface area contributed by atoms with E-state index in [2.05, 4.69) is 5.32 Å². The van der Waals surface area contributed by atoms with Gasteiger partial charge >= 0.3 is 6.18 Å². The maximum absolute atomic E-state index is 14.3. The molecule has 0 aliphatic rings. The van der Waals surface area contributed by atoms with E-state index in [1.54, 1.807) is 43.3 Å². The molecular weight excluding hydrogens is 662 g/mol. The number of alkyl halides is 3. The van der Waals surface area contributed by atoms with Crippen LogP contribution in [0.1, 0.15) is 22.3 Å². The number of hydrogen-bond acceptors (Lipinski definition) is 4. The predicted molar refractivity (Wildman–Crippen MR) is 172 cm³/mol. The lowest BCUT2D eigenvalue weighted by Gasteiger charge is -2.33. The van der Waals surface area contributed by atoms with Crippen LogP contribution in [0.2, 0.25) is 10.0 Å². The van der Waals surface area contributed by atoms with Crippen molar-refractivity contribution in [3.8, 4) is 0 Å². The van der Waals surface area contributed by atoms with Gasteiger partial charge in [0.25, 0.3) is 10.0 Å². The number of anilines is 1. The maximum Gasteiger partial charge on any atom is 0.416 e. The first kappa shape index (κ1) is 34.8. The molecule has 0 aliphatic heterocycles. The average Bonchev–Trinajstić information content (AvgIpc) is 3.03. The van der Waals surface area contributed by atoms with Crippen molar-refractivity contribution >= 4 is 50.7 Å².